The Morgan fingerprint density at radius 2 is 1.79 bits per heavy atom. The van der Waals surface area contributed by atoms with Crippen molar-refractivity contribution in [3.63, 3.8) is 0 Å². The third kappa shape index (κ3) is 4.26. The summed E-state index contributed by atoms with van der Waals surface area (Å²) in [6.45, 7) is 5.68. The van der Waals surface area contributed by atoms with Crippen molar-refractivity contribution < 1.29 is 9.84 Å². The van der Waals surface area contributed by atoms with Gasteiger partial charge in [-0.1, -0.05) is 33.6 Å². The minimum absolute atomic E-state index is 0.457. The van der Waals surface area contributed by atoms with Crippen LogP contribution >= 0.6 is 15.9 Å². The molecule has 2 N–H and O–H groups in total. The van der Waals surface area contributed by atoms with Gasteiger partial charge in [-0.05, 0) is 56.3 Å². The summed E-state index contributed by atoms with van der Waals surface area (Å²) in [7, 11) is 0. The first kappa shape index (κ1) is 19.8. The van der Waals surface area contributed by atoms with Crippen LogP contribution in [0.1, 0.15) is 12.5 Å². The average molecular weight is 453 g/mol. The molecule has 1 heterocycles. The zero-order valence-corrected chi connectivity index (χ0v) is 18.2. The van der Waals surface area contributed by atoms with Gasteiger partial charge in [0.2, 0.25) is 0 Å². The van der Waals surface area contributed by atoms with Crippen molar-refractivity contribution >= 4 is 43.4 Å². The first-order chi connectivity index (χ1) is 14.0. The fraction of sp³-hybridized carbons (Fsp3) is 0.250. The Morgan fingerprint density at radius 3 is 2.59 bits per heavy atom. The Balaban J connectivity index is 1.57. The largest absolute Gasteiger partial charge is 0.494 e. The predicted octanol–water partition coefficient (Wildman–Crippen LogP) is 5.74. The number of halogens is 1. The number of fused-ring (bicyclic) bond motifs is 3. The molecular formula is C24H25BrN2O2. The molecule has 1 unspecified atom stereocenters. The van der Waals surface area contributed by atoms with E-state index in [-0.39, 0.29) is 0 Å². The van der Waals surface area contributed by atoms with Gasteiger partial charge in [-0.25, -0.2) is 0 Å². The van der Waals surface area contributed by atoms with Crippen molar-refractivity contribution in [1.29, 1.82) is 0 Å². The molecule has 0 amide bonds. The highest BCUT2D eigenvalue weighted by Gasteiger charge is 2.14. The molecule has 3 aromatic carbocycles. The van der Waals surface area contributed by atoms with Crippen molar-refractivity contribution in [2.24, 2.45) is 0 Å². The van der Waals surface area contributed by atoms with Crippen molar-refractivity contribution in [1.82, 2.24) is 4.57 Å². The van der Waals surface area contributed by atoms with E-state index in [1.54, 1.807) is 0 Å². The number of aliphatic hydroxyl groups excluding tert-OH is 1. The maximum atomic E-state index is 10.8. The van der Waals surface area contributed by atoms with Gasteiger partial charge in [0.1, 0.15) is 5.75 Å². The minimum atomic E-state index is -0.533. The van der Waals surface area contributed by atoms with Crippen LogP contribution < -0.4 is 10.1 Å². The number of nitrogens with one attached hydrogen (secondary N) is 1. The Morgan fingerprint density at radius 1 is 1.03 bits per heavy atom. The number of anilines is 1. The predicted molar refractivity (Wildman–Crippen MR) is 124 cm³/mol. The molecule has 0 aliphatic rings. The van der Waals surface area contributed by atoms with Gasteiger partial charge in [0.05, 0.1) is 19.3 Å². The van der Waals surface area contributed by atoms with E-state index in [4.69, 9.17) is 4.74 Å². The number of hydrogen-bond donors (Lipinski definition) is 2. The van der Waals surface area contributed by atoms with Crippen molar-refractivity contribution in [2.75, 3.05) is 18.5 Å². The zero-order valence-electron chi connectivity index (χ0n) is 16.7. The van der Waals surface area contributed by atoms with Gasteiger partial charge < -0.3 is 19.7 Å². The lowest BCUT2D eigenvalue weighted by Gasteiger charge is -2.16. The van der Waals surface area contributed by atoms with Gasteiger partial charge >= 0.3 is 0 Å². The van der Waals surface area contributed by atoms with E-state index in [0.29, 0.717) is 19.7 Å². The van der Waals surface area contributed by atoms with Crippen molar-refractivity contribution in [2.45, 2.75) is 26.5 Å². The topological polar surface area (TPSA) is 46.4 Å². The van der Waals surface area contributed by atoms with E-state index >= 15 is 0 Å². The monoisotopic (exact) mass is 452 g/mol. The summed E-state index contributed by atoms with van der Waals surface area (Å²) in [4.78, 5) is 0. The molecule has 1 atom stereocenters. The van der Waals surface area contributed by atoms with Gasteiger partial charge in [0, 0.05) is 44.6 Å². The van der Waals surface area contributed by atoms with Crippen LogP contribution in [-0.2, 0) is 6.54 Å². The number of aryl methyl sites for hydroxylation is 1. The standard InChI is InChI=1S/C24H25BrN2O2/c1-3-29-20-6-4-5-18(13-20)26-14-19(28)15-27-23-9-7-16(2)11-21(23)22-12-17(25)8-10-24(22)27/h4-13,19,26,28H,3,14-15H2,1-2H3. The van der Waals surface area contributed by atoms with E-state index in [1.165, 1.54) is 16.3 Å². The molecule has 0 saturated carbocycles. The summed E-state index contributed by atoms with van der Waals surface area (Å²) >= 11 is 3.59. The molecule has 0 spiro atoms. The van der Waals surface area contributed by atoms with Gasteiger partial charge in [0.15, 0.2) is 0 Å². The highest BCUT2D eigenvalue weighted by Crippen LogP contribution is 2.32. The molecule has 150 valence electrons. The van der Waals surface area contributed by atoms with E-state index in [2.05, 4.69) is 69.1 Å². The summed E-state index contributed by atoms with van der Waals surface area (Å²) in [5, 5.41) is 16.5. The SMILES string of the molecule is CCOc1cccc(NCC(O)Cn2c3ccc(C)cc3c3cc(Br)ccc32)c1. The third-order valence-corrected chi connectivity index (χ3v) is 5.56. The van der Waals surface area contributed by atoms with Crippen LogP contribution in [0.2, 0.25) is 0 Å². The second-order valence-corrected chi connectivity index (χ2v) is 8.20. The lowest BCUT2D eigenvalue weighted by Crippen LogP contribution is -2.24. The fourth-order valence-corrected chi connectivity index (χ4v) is 4.12. The second-order valence-electron chi connectivity index (χ2n) is 7.29. The van der Waals surface area contributed by atoms with Gasteiger partial charge in [0.25, 0.3) is 0 Å². The molecule has 0 saturated heterocycles. The van der Waals surface area contributed by atoms with E-state index in [1.807, 2.05) is 31.2 Å². The normalized spacial score (nSPS) is 12.4. The van der Waals surface area contributed by atoms with E-state index < -0.39 is 6.10 Å². The highest BCUT2D eigenvalue weighted by molar-refractivity contribution is 9.10. The molecule has 1 aromatic heterocycles. The van der Waals surface area contributed by atoms with Crippen LogP contribution in [0.4, 0.5) is 5.69 Å². The molecule has 4 nitrogen and oxygen atoms in total. The Hall–Kier alpha value is -2.50. The number of ether oxygens (including phenoxy) is 1. The number of benzene rings is 3. The van der Waals surface area contributed by atoms with Crippen LogP contribution in [0.3, 0.4) is 0 Å². The van der Waals surface area contributed by atoms with Crippen LogP contribution in [0.15, 0.2) is 65.1 Å². The summed E-state index contributed by atoms with van der Waals surface area (Å²) in [5.74, 6) is 0.829. The lowest BCUT2D eigenvalue weighted by molar-refractivity contribution is 0.169. The number of aliphatic hydroxyl groups is 1. The first-order valence-electron chi connectivity index (χ1n) is 9.88. The molecule has 5 heteroatoms. The van der Waals surface area contributed by atoms with Crippen LogP contribution in [0, 0.1) is 6.92 Å². The lowest BCUT2D eigenvalue weighted by atomic mass is 10.1. The first-order valence-corrected chi connectivity index (χ1v) is 10.7. The fourth-order valence-electron chi connectivity index (χ4n) is 3.76. The summed E-state index contributed by atoms with van der Waals surface area (Å²) in [6.07, 6.45) is -0.533. The Bertz CT molecular complexity index is 1090. The van der Waals surface area contributed by atoms with Gasteiger partial charge in [-0.15, -0.1) is 0 Å². The number of hydrogen-bond acceptors (Lipinski definition) is 3. The summed E-state index contributed by atoms with van der Waals surface area (Å²) in [5.41, 5.74) is 4.44. The van der Waals surface area contributed by atoms with Crippen LogP contribution in [-0.4, -0.2) is 28.9 Å². The maximum Gasteiger partial charge on any atom is 0.121 e. The molecule has 0 aliphatic carbocycles. The zero-order chi connectivity index (χ0) is 20.4. The molecular weight excluding hydrogens is 428 g/mol. The van der Waals surface area contributed by atoms with Crippen LogP contribution in [0.5, 0.6) is 5.75 Å². The summed E-state index contributed by atoms with van der Waals surface area (Å²) in [6, 6.07) is 20.6. The van der Waals surface area contributed by atoms with Crippen LogP contribution in [0.25, 0.3) is 21.8 Å². The average Bonchev–Trinajstić information content (AvgIpc) is 2.99. The molecule has 29 heavy (non-hydrogen) atoms. The van der Waals surface area contributed by atoms with Crippen molar-refractivity contribution in [3.8, 4) is 5.75 Å². The second kappa shape index (κ2) is 8.47. The van der Waals surface area contributed by atoms with E-state index in [9.17, 15) is 5.11 Å². The molecule has 4 rings (SSSR count). The Labute approximate surface area is 179 Å². The highest BCUT2D eigenvalue weighted by atomic mass is 79.9. The van der Waals surface area contributed by atoms with Gasteiger partial charge in [-0.3, -0.25) is 0 Å². The quantitative estimate of drug-likeness (QED) is 0.375. The number of nitrogens with zero attached hydrogens (tertiary/aromatic N) is 1. The molecule has 0 aliphatic heterocycles. The number of rotatable bonds is 7. The number of aromatic nitrogens is 1. The Kier molecular flexibility index (Phi) is 5.79. The molecule has 4 aromatic rings. The van der Waals surface area contributed by atoms with E-state index in [0.717, 1.165) is 26.9 Å². The van der Waals surface area contributed by atoms with Gasteiger partial charge in [-0.2, -0.15) is 0 Å². The molecule has 0 fully saturated rings. The maximum absolute atomic E-state index is 10.8. The summed E-state index contributed by atoms with van der Waals surface area (Å²) < 4.78 is 8.81. The van der Waals surface area contributed by atoms with Crippen molar-refractivity contribution in [3.05, 3.63) is 70.7 Å². The molecule has 0 bridgehead atoms. The third-order valence-electron chi connectivity index (χ3n) is 5.06. The molecule has 0 radical (unpaired) electrons. The minimum Gasteiger partial charge on any atom is -0.494 e. The smallest absolute Gasteiger partial charge is 0.121 e.